The molecule has 156 valence electrons. The monoisotopic (exact) mass is 417 g/mol. The number of amides is 1. The van der Waals surface area contributed by atoms with E-state index in [0.29, 0.717) is 28.5 Å². The highest BCUT2D eigenvalue weighted by atomic mass is 32.1. The van der Waals surface area contributed by atoms with E-state index >= 15 is 0 Å². The molecule has 1 N–H and O–H groups in total. The molecule has 7 heteroatoms. The fraction of sp³-hybridized carbons (Fsp3) is 0.409. The van der Waals surface area contributed by atoms with Gasteiger partial charge in [-0.15, -0.1) is 11.3 Å². The van der Waals surface area contributed by atoms with Crippen LogP contribution in [0.5, 0.6) is 5.75 Å². The molecule has 0 saturated heterocycles. The molecule has 0 radical (unpaired) electrons. The van der Waals surface area contributed by atoms with E-state index in [1.165, 1.54) is 6.92 Å². The van der Waals surface area contributed by atoms with Crippen LogP contribution in [0.3, 0.4) is 0 Å². The molecule has 2 aromatic rings. The molecule has 0 unspecified atom stereocenters. The van der Waals surface area contributed by atoms with E-state index in [1.807, 2.05) is 32.0 Å². The van der Waals surface area contributed by atoms with Crippen molar-refractivity contribution >= 4 is 34.0 Å². The number of esters is 1. The zero-order chi connectivity index (χ0) is 21.6. The number of ketones is 1. The number of carbonyl (C=O) groups is 3. The second kappa shape index (κ2) is 10.2. The van der Waals surface area contributed by atoms with E-state index in [4.69, 9.17) is 9.47 Å². The average Bonchev–Trinajstić information content (AvgIpc) is 2.98. The first-order valence-corrected chi connectivity index (χ1v) is 10.4. The minimum Gasteiger partial charge on any atom is -0.493 e. The van der Waals surface area contributed by atoms with E-state index in [0.717, 1.165) is 28.2 Å². The fourth-order valence-electron chi connectivity index (χ4n) is 2.87. The third kappa shape index (κ3) is 5.67. The van der Waals surface area contributed by atoms with Crippen LogP contribution >= 0.6 is 11.3 Å². The highest BCUT2D eigenvalue weighted by molar-refractivity contribution is 7.18. The van der Waals surface area contributed by atoms with Gasteiger partial charge >= 0.3 is 5.97 Å². The predicted molar refractivity (Wildman–Crippen MR) is 114 cm³/mol. The van der Waals surface area contributed by atoms with Gasteiger partial charge in [-0.25, -0.2) is 4.79 Å². The molecule has 29 heavy (non-hydrogen) atoms. The van der Waals surface area contributed by atoms with Gasteiger partial charge in [-0.3, -0.25) is 9.59 Å². The normalized spacial score (nSPS) is 10.5. The summed E-state index contributed by atoms with van der Waals surface area (Å²) in [5.74, 6) is -0.116. The minimum absolute atomic E-state index is 0.152. The zero-order valence-corrected chi connectivity index (χ0v) is 18.3. The van der Waals surface area contributed by atoms with Crippen molar-refractivity contribution in [3.63, 3.8) is 0 Å². The van der Waals surface area contributed by atoms with Gasteiger partial charge in [-0.05, 0) is 63.8 Å². The molecular formula is C22H27NO5S. The van der Waals surface area contributed by atoms with Gasteiger partial charge in [0.25, 0.3) is 0 Å². The number of benzene rings is 1. The molecule has 1 aromatic heterocycles. The van der Waals surface area contributed by atoms with Crippen molar-refractivity contribution in [3.05, 3.63) is 45.3 Å². The maximum Gasteiger partial charge on any atom is 0.341 e. The summed E-state index contributed by atoms with van der Waals surface area (Å²) in [6, 6.07) is 5.87. The van der Waals surface area contributed by atoms with Gasteiger partial charge in [-0.1, -0.05) is 12.1 Å². The Morgan fingerprint density at radius 2 is 1.83 bits per heavy atom. The SMILES string of the molecule is CCOC(=O)c1c(NC(=O)CCCOc2cccc(C)c2C)sc(C(C)=O)c1C. The second-order valence-corrected chi connectivity index (χ2v) is 7.76. The summed E-state index contributed by atoms with van der Waals surface area (Å²) in [6.45, 7) is 9.48. The van der Waals surface area contributed by atoms with Crippen molar-refractivity contribution in [2.45, 2.75) is 47.5 Å². The number of thiophene rings is 1. The van der Waals surface area contributed by atoms with Gasteiger partial charge in [0, 0.05) is 6.42 Å². The van der Waals surface area contributed by atoms with Crippen molar-refractivity contribution < 1.29 is 23.9 Å². The number of ether oxygens (including phenoxy) is 2. The van der Waals surface area contributed by atoms with Gasteiger partial charge < -0.3 is 14.8 Å². The number of nitrogens with one attached hydrogen (secondary N) is 1. The van der Waals surface area contributed by atoms with Gasteiger partial charge in [0.05, 0.1) is 23.7 Å². The number of Topliss-reactive ketones (excluding diaryl/α,β-unsaturated/α-hetero) is 1. The molecule has 0 atom stereocenters. The molecule has 0 bridgehead atoms. The standard InChI is InChI=1S/C22H27NO5S/c1-6-27-22(26)19-15(4)20(16(5)24)29-21(19)23-18(25)11-8-12-28-17-10-7-9-13(2)14(17)3/h7,9-10H,6,8,11-12H2,1-5H3,(H,23,25). The molecule has 6 nitrogen and oxygen atoms in total. The second-order valence-electron chi connectivity index (χ2n) is 6.74. The van der Waals surface area contributed by atoms with Gasteiger partial charge in [0.15, 0.2) is 5.78 Å². The smallest absolute Gasteiger partial charge is 0.341 e. The van der Waals surface area contributed by atoms with Crippen LogP contribution in [0.25, 0.3) is 0 Å². The number of hydrogen-bond donors (Lipinski definition) is 1. The Labute approximate surface area is 175 Å². The Bertz CT molecular complexity index is 916. The van der Waals surface area contributed by atoms with E-state index in [9.17, 15) is 14.4 Å². The van der Waals surface area contributed by atoms with Crippen molar-refractivity contribution in [2.24, 2.45) is 0 Å². The van der Waals surface area contributed by atoms with Gasteiger partial charge in [0.2, 0.25) is 5.91 Å². The lowest BCUT2D eigenvalue weighted by Crippen LogP contribution is -2.15. The van der Waals surface area contributed by atoms with Crippen molar-refractivity contribution in [3.8, 4) is 5.75 Å². The Morgan fingerprint density at radius 1 is 1.10 bits per heavy atom. The molecule has 0 aliphatic heterocycles. The van der Waals surface area contributed by atoms with Crippen LogP contribution in [-0.4, -0.2) is 30.9 Å². The van der Waals surface area contributed by atoms with E-state index in [2.05, 4.69) is 5.32 Å². The number of aryl methyl sites for hydroxylation is 1. The summed E-state index contributed by atoms with van der Waals surface area (Å²) in [5.41, 5.74) is 3.03. The predicted octanol–water partition coefficient (Wildman–Crippen LogP) is 4.85. The highest BCUT2D eigenvalue weighted by Gasteiger charge is 2.25. The van der Waals surface area contributed by atoms with Gasteiger partial charge in [0.1, 0.15) is 10.8 Å². The maximum absolute atomic E-state index is 12.4. The minimum atomic E-state index is -0.540. The fourth-order valence-corrected chi connectivity index (χ4v) is 3.98. The lowest BCUT2D eigenvalue weighted by Gasteiger charge is -2.11. The van der Waals surface area contributed by atoms with Crippen molar-refractivity contribution in [2.75, 3.05) is 18.5 Å². The molecule has 1 amide bonds. The molecule has 0 spiro atoms. The lowest BCUT2D eigenvalue weighted by atomic mass is 10.1. The van der Waals surface area contributed by atoms with Crippen LogP contribution in [0.15, 0.2) is 18.2 Å². The Balaban J connectivity index is 1.99. The van der Waals surface area contributed by atoms with E-state index in [1.54, 1.807) is 13.8 Å². The molecule has 0 aliphatic rings. The van der Waals surface area contributed by atoms with Crippen LogP contribution < -0.4 is 10.1 Å². The number of rotatable bonds is 9. The van der Waals surface area contributed by atoms with Crippen molar-refractivity contribution in [1.29, 1.82) is 0 Å². The summed E-state index contributed by atoms with van der Waals surface area (Å²) in [5, 5.41) is 3.11. The van der Waals surface area contributed by atoms with Crippen LogP contribution in [0.2, 0.25) is 0 Å². The molecule has 0 fully saturated rings. The molecule has 2 rings (SSSR count). The lowest BCUT2D eigenvalue weighted by molar-refractivity contribution is -0.116. The Hall–Kier alpha value is -2.67. The largest absolute Gasteiger partial charge is 0.493 e. The quantitative estimate of drug-likeness (QED) is 0.358. The average molecular weight is 418 g/mol. The van der Waals surface area contributed by atoms with Crippen LogP contribution in [0.1, 0.15) is 63.4 Å². The summed E-state index contributed by atoms with van der Waals surface area (Å²) in [4.78, 5) is 36.9. The molecule has 0 aliphatic carbocycles. The number of carbonyl (C=O) groups excluding carboxylic acids is 3. The summed E-state index contributed by atoms with van der Waals surface area (Å²) in [7, 11) is 0. The first-order valence-electron chi connectivity index (χ1n) is 9.56. The first-order chi connectivity index (χ1) is 13.8. The Kier molecular flexibility index (Phi) is 7.96. The highest BCUT2D eigenvalue weighted by Crippen LogP contribution is 2.34. The maximum atomic E-state index is 12.4. The van der Waals surface area contributed by atoms with Crippen LogP contribution in [0.4, 0.5) is 5.00 Å². The third-order valence-electron chi connectivity index (χ3n) is 4.56. The summed E-state index contributed by atoms with van der Waals surface area (Å²) >= 11 is 1.10. The van der Waals surface area contributed by atoms with Gasteiger partial charge in [-0.2, -0.15) is 0 Å². The summed E-state index contributed by atoms with van der Waals surface area (Å²) < 4.78 is 10.8. The number of hydrogen-bond acceptors (Lipinski definition) is 6. The zero-order valence-electron chi connectivity index (χ0n) is 17.5. The first kappa shape index (κ1) is 22.6. The molecule has 0 saturated carbocycles. The molecular weight excluding hydrogens is 390 g/mol. The van der Waals surface area contributed by atoms with Crippen LogP contribution in [0, 0.1) is 20.8 Å². The molecule has 1 heterocycles. The number of anilines is 1. The van der Waals surface area contributed by atoms with Crippen molar-refractivity contribution in [1.82, 2.24) is 0 Å². The molecule has 1 aromatic carbocycles. The van der Waals surface area contributed by atoms with E-state index < -0.39 is 5.97 Å². The summed E-state index contributed by atoms with van der Waals surface area (Å²) in [6.07, 6.45) is 0.761. The topological polar surface area (TPSA) is 81.7 Å². The van der Waals surface area contributed by atoms with E-state index in [-0.39, 0.29) is 30.3 Å². The van der Waals surface area contributed by atoms with Crippen LogP contribution in [-0.2, 0) is 9.53 Å². The Morgan fingerprint density at radius 3 is 2.48 bits per heavy atom. The third-order valence-corrected chi connectivity index (χ3v) is 5.87.